The second-order valence-electron chi connectivity index (χ2n) is 14.1. The van der Waals surface area contributed by atoms with Gasteiger partial charge >= 0.3 is 0 Å². The second kappa shape index (κ2) is 13.8. The number of nitrogens with zero attached hydrogens (tertiary/aromatic N) is 5. The lowest BCUT2D eigenvalue weighted by Gasteiger charge is -2.39. The van der Waals surface area contributed by atoms with Gasteiger partial charge in [-0.15, -0.1) is 0 Å². The number of benzene rings is 2. The molecule has 4 amide bonds. The molecule has 2 aliphatic heterocycles. The number of carbonyl (C=O) groups is 4. The van der Waals surface area contributed by atoms with E-state index >= 15 is 0 Å². The van der Waals surface area contributed by atoms with Crippen molar-refractivity contribution in [2.75, 3.05) is 19.6 Å². The number of hydrogen-bond donors (Lipinski definition) is 2. The van der Waals surface area contributed by atoms with E-state index < -0.39 is 12.1 Å². The average Bonchev–Trinajstić information content (AvgIpc) is 3.89. The number of ether oxygens (including phenoxy) is 2. The van der Waals surface area contributed by atoms with Crippen molar-refractivity contribution < 1.29 is 28.7 Å². The van der Waals surface area contributed by atoms with Gasteiger partial charge in [0, 0.05) is 49.0 Å². The molecule has 4 bridgehead atoms. The summed E-state index contributed by atoms with van der Waals surface area (Å²) in [5.41, 5.74) is 3.96. The van der Waals surface area contributed by atoms with E-state index in [0.717, 1.165) is 18.4 Å². The van der Waals surface area contributed by atoms with E-state index in [1.165, 1.54) is 0 Å². The lowest BCUT2D eigenvalue weighted by Crippen LogP contribution is -2.58. The largest absolute Gasteiger partial charge is 0.457 e. The monoisotopic (exact) mass is 693 g/mol. The molecule has 2 fully saturated rings. The minimum absolute atomic E-state index is 0.104. The van der Waals surface area contributed by atoms with Gasteiger partial charge in [-0.3, -0.25) is 23.9 Å². The van der Waals surface area contributed by atoms with Crippen molar-refractivity contribution in [3.8, 4) is 11.5 Å². The maximum atomic E-state index is 14.2. The minimum Gasteiger partial charge on any atom is -0.457 e. The van der Waals surface area contributed by atoms with Crippen LogP contribution in [0, 0.1) is 13.8 Å². The molecular formula is C38H43N7O6. The molecule has 1 saturated carbocycles. The average molecular weight is 694 g/mol. The first-order valence-electron chi connectivity index (χ1n) is 17.5. The zero-order chi connectivity index (χ0) is 36.0. The Morgan fingerprint density at radius 1 is 1.02 bits per heavy atom. The zero-order valence-electron chi connectivity index (χ0n) is 29.6. The van der Waals surface area contributed by atoms with Gasteiger partial charge in [-0.2, -0.15) is 5.10 Å². The van der Waals surface area contributed by atoms with Crippen molar-refractivity contribution in [1.29, 1.82) is 0 Å². The molecular weight excluding hydrogens is 650 g/mol. The Morgan fingerprint density at radius 3 is 2.59 bits per heavy atom. The Morgan fingerprint density at radius 2 is 1.82 bits per heavy atom. The molecule has 51 heavy (non-hydrogen) atoms. The molecule has 4 aromatic rings. The fraction of sp³-hybridized carbons (Fsp3) is 0.421. The molecule has 13 nitrogen and oxygen atoms in total. The molecule has 0 spiro atoms. The van der Waals surface area contributed by atoms with Crippen LogP contribution in [-0.2, 0) is 23.2 Å². The predicted octanol–water partition coefficient (Wildman–Crippen LogP) is 4.05. The Hall–Kier alpha value is -5.30. The summed E-state index contributed by atoms with van der Waals surface area (Å²) in [5.74, 6) is -0.362. The highest BCUT2D eigenvalue weighted by Crippen LogP contribution is 2.32. The molecule has 2 atom stereocenters. The number of fused-ring (bicyclic) bond motifs is 6. The first kappa shape index (κ1) is 34.2. The highest BCUT2D eigenvalue weighted by atomic mass is 16.5. The summed E-state index contributed by atoms with van der Waals surface area (Å²) in [5, 5.41) is 11.2. The van der Waals surface area contributed by atoms with Gasteiger partial charge in [-0.25, -0.2) is 4.98 Å². The third-order valence-electron chi connectivity index (χ3n) is 9.51. The quantitative estimate of drug-likeness (QED) is 0.326. The SMILES string of the molecule is Cc1cc(C(=O)N2CC[C@@H]3OCc4cccc(c4)Oc4cc(C(=O)NC(C)C)cc(c4)C(=O)N(C4CC4)CC(=O)N[C@@H]3C2)c2c(C)nn(C)c2n1. The number of piperidine rings is 1. The molecule has 13 heteroatoms. The van der Waals surface area contributed by atoms with Crippen LogP contribution < -0.4 is 15.4 Å². The van der Waals surface area contributed by atoms with E-state index in [4.69, 9.17) is 9.47 Å². The molecule has 0 unspecified atom stereocenters. The van der Waals surface area contributed by atoms with Gasteiger partial charge in [0.2, 0.25) is 5.91 Å². The van der Waals surface area contributed by atoms with Crippen LogP contribution in [0.1, 0.15) is 81.1 Å². The third kappa shape index (κ3) is 7.29. The van der Waals surface area contributed by atoms with Gasteiger partial charge in [0.25, 0.3) is 17.7 Å². The molecule has 7 rings (SSSR count). The van der Waals surface area contributed by atoms with Crippen LogP contribution in [-0.4, -0.2) is 92.1 Å². The number of nitrogens with one attached hydrogen (secondary N) is 2. The molecule has 4 heterocycles. The van der Waals surface area contributed by atoms with E-state index in [0.29, 0.717) is 52.4 Å². The normalized spacial score (nSPS) is 19.8. The van der Waals surface area contributed by atoms with Crippen molar-refractivity contribution in [2.24, 2.45) is 7.05 Å². The summed E-state index contributed by atoms with van der Waals surface area (Å²) >= 11 is 0. The van der Waals surface area contributed by atoms with E-state index in [1.807, 2.05) is 52.9 Å². The van der Waals surface area contributed by atoms with Crippen LogP contribution in [0.25, 0.3) is 11.0 Å². The smallest absolute Gasteiger partial charge is 0.254 e. The van der Waals surface area contributed by atoms with Crippen molar-refractivity contribution in [3.63, 3.8) is 0 Å². The molecule has 1 saturated heterocycles. The Labute approximate surface area is 296 Å². The number of pyridine rings is 1. The molecule has 2 aromatic heterocycles. The van der Waals surface area contributed by atoms with E-state index in [1.54, 1.807) is 44.8 Å². The van der Waals surface area contributed by atoms with Crippen molar-refractivity contribution in [2.45, 2.75) is 77.8 Å². The van der Waals surface area contributed by atoms with Crippen LogP contribution in [0.5, 0.6) is 11.5 Å². The summed E-state index contributed by atoms with van der Waals surface area (Å²) in [6.07, 6.45) is 1.64. The topological polar surface area (TPSA) is 148 Å². The summed E-state index contributed by atoms with van der Waals surface area (Å²) in [6.45, 7) is 8.15. The molecule has 0 radical (unpaired) electrons. The van der Waals surface area contributed by atoms with Crippen LogP contribution in [0.3, 0.4) is 0 Å². The number of amides is 4. The first-order valence-corrected chi connectivity index (χ1v) is 17.5. The van der Waals surface area contributed by atoms with E-state index in [-0.39, 0.29) is 66.5 Å². The van der Waals surface area contributed by atoms with E-state index in [2.05, 4.69) is 20.7 Å². The van der Waals surface area contributed by atoms with Gasteiger partial charge in [0.15, 0.2) is 5.65 Å². The fourth-order valence-electron chi connectivity index (χ4n) is 6.98. The van der Waals surface area contributed by atoms with Gasteiger partial charge < -0.3 is 29.9 Å². The summed E-state index contributed by atoms with van der Waals surface area (Å²) in [4.78, 5) is 63.1. The minimum atomic E-state index is -0.540. The van der Waals surface area contributed by atoms with Gasteiger partial charge in [-0.05, 0) is 88.9 Å². The third-order valence-corrected chi connectivity index (χ3v) is 9.51. The number of rotatable bonds is 4. The number of hydrogen-bond acceptors (Lipinski definition) is 8. The highest BCUT2D eigenvalue weighted by molar-refractivity contribution is 6.06. The highest BCUT2D eigenvalue weighted by Gasteiger charge is 2.38. The van der Waals surface area contributed by atoms with Crippen molar-refractivity contribution >= 4 is 34.7 Å². The molecule has 2 aromatic carbocycles. The van der Waals surface area contributed by atoms with Crippen LogP contribution >= 0.6 is 0 Å². The van der Waals surface area contributed by atoms with Gasteiger partial charge in [0.05, 0.1) is 35.4 Å². The second-order valence-corrected chi connectivity index (χ2v) is 14.1. The standard InChI is InChI=1S/C38H43N7O6/c1-21(2)39-36(47)25-15-26-17-29(16-25)51-28-8-6-7-24(14-28)20-50-32-11-12-44(18-31(32)41-33(46)19-45(37(26)48)27-9-10-27)38(49)30-13-22(3)40-35-34(30)23(4)42-43(35)5/h6-8,13-17,21,27,31-32H,9-12,18-20H2,1-5H3,(H,39,47)(H,41,46)/t31-,32+/m1/s1. The molecule has 1 aliphatic carbocycles. The van der Waals surface area contributed by atoms with Crippen molar-refractivity contribution in [3.05, 3.63) is 82.2 Å². The van der Waals surface area contributed by atoms with Crippen molar-refractivity contribution in [1.82, 2.24) is 35.2 Å². The lowest BCUT2D eigenvalue weighted by molar-refractivity contribution is -0.125. The van der Waals surface area contributed by atoms with Crippen LogP contribution in [0.15, 0.2) is 48.5 Å². The molecule has 266 valence electrons. The number of likely N-dealkylation sites (tertiary alicyclic amines) is 1. The van der Waals surface area contributed by atoms with E-state index in [9.17, 15) is 19.2 Å². The van der Waals surface area contributed by atoms with Gasteiger partial charge in [-0.1, -0.05) is 12.1 Å². The predicted molar refractivity (Wildman–Crippen MR) is 189 cm³/mol. The maximum Gasteiger partial charge on any atom is 0.254 e. The molecule has 2 N–H and O–H groups in total. The Bertz CT molecular complexity index is 2040. The Balaban J connectivity index is 1.20. The molecule has 3 aliphatic rings. The number of aryl methyl sites for hydroxylation is 3. The Kier molecular flexibility index (Phi) is 9.23. The lowest BCUT2D eigenvalue weighted by atomic mass is 9.99. The van der Waals surface area contributed by atoms with Gasteiger partial charge in [0.1, 0.15) is 18.0 Å². The number of aromatic nitrogens is 3. The van der Waals surface area contributed by atoms with Crippen LogP contribution in [0.4, 0.5) is 0 Å². The summed E-state index contributed by atoms with van der Waals surface area (Å²) < 4.78 is 14.4. The number of carbonyl (C=O) groups excluding carboxylic acids is 4. The van der Waals surface area contributed by atoms with Crippen LogP contribution in [0.2, 0.25) is 0 Å². The summed E-state index contributed by atoms with van der Waals surface area (Å²) in [6, 6.07) is 13.2. The summed E-state index contributed by atoms with van der Waals surface area (Å²) in [7, 11) is 1.81. The first-order chi connectivity index (χ1) is 24.4. The fourth-order valence-corrected chi connectivity index (χ4v) is 6.98. The maximum absolute atomic E-state index is 14.2. The zero-order valence-corrected chi connectivity index (χ0v) is 29.6.